The summed E-state index contributed by atoms with van der Waals surface area (Å²) in [7, 11) is -0.964. The standard InChI is InChI=1S/C16H9F10P/c17-7-8-1-9(14(18,19)20)4-12(2-8)27-13-5-10(15(21,22)23)3-11(6-13)16(24,25)26/h1-6,27H,7H2. The molecular formula is C16H9F10P. The highest BCUT2D eigenvalue weighted by Gasteiger charge is 2.37. The van der Waals surface area contributed by atoms with Gasteiger partial charge in [0, 0.05) is 0 Å². The van der Waals surface area contributed by atoms with Gasteiger partial charge in [-0.05, 0) is 52.6 Å². The first-order valence-corrected chi connectivity index (χ1v) is 8.04. The summed E-state index contributed by atoms with van der Waals surface area (Å²) in [6, 6.07) is 2.87. The van der Waals surface area contributed by atoms with E-state index in [2.05, 4.69) is 0 Å². The summed E-state index contributed by atoms with van der Waals surface area (Å²) < 4.78 is 128. The molecule has 1 unspecified atom stereocenters. The molecule has 2 rings (SSSR count). The van der Waals surface area contributed by atoms with Gasteiger partial charge in [0.1, 0.15) is 6.67 Å². The van der Waals surface area contributed by atoms with Crippen molar-refractivity contribution < 1.29 is 43.9 Å². The lowest BCUT2D eigenvalue weighted by atomic mass is 10.1. The van der Waals surface area contributed by atoms with Crippen LogP contribution in [0.4, 0.5) is 43.9 Å². The molecule has 0 spiro atoms. The maximum absolute atomic E-state index is 12.9. The fourth-order valence-electron chi connectivity index (χ4n) is 2.20. The van der Waals surface area contributed by atoms with Gasteiger partial charge in [0.25, 0.3) is 0 Å². The van der Waals surface area contributed by atoms with Gasteiger partial charge in [-0.3, -0.25) is 0 Å². The maximum Gasteiger partial charge on any atom is 0.416 e. The highest BCUT2D eigenvalue weighted by molar-refractivity contribution is 7.55. The van der Waals surface area contributed by atoms with E-state index in [0.717, 1.165) is 6.07 Å². The Bertz CT molecular complexity index is 785. The molecule has 148 valence electrons. The van der Waals surface area contributed by atoms with Crippen molar-refractivity contribution in [1.29, 1.82) is 0 Å². The summed E-state index contributed by atoms with van der Waals surface area (Å²) in [6.07, 6.45) is -15.0. The monoisotopic (exact) mass is 422 g/mol. The van der Waals surface area contributed by atoms with Crippen molar-refractivity contribution in [2.45, 2.75) is 25.2 Å². The first kappa shape index (κ1) is 21.5. The van der Waals surface area contributed by atoms with Gasteiger partial charge in [0.05, 0.1) is 16.7 Å². The average molecular weight is 422 g/mol. The summed E-state index contributed by atoms with van der Waals surface area (Å²) in [5.74, 6) is 0. The van der Waals surface area contributed by atoms with Gasteiger partial charge in [-0.2, -0.15) is 39.5 Å². The predicted octanol–water partition coefficient (Wildman–Crippen LogP) is 5.84. The van der Waals surface area contributed by atoms with Crippen LogP contribution in [0, 0.1) is 0 Å². The summed E-state index contributed by atoms with van der Waals surface area (Å²) in [4.78, 5) is 0. The Hall–Kier alpha value is -1.83. The van der Waals surface area contributed by atoms with Crippen molar-refractivity contribution in [3.05, 3.63) is 58.7 Å². The molecule has 0 aliphatic heterocycles. The third kappa shape index (κ3) is 5.57. The summed E-state index contributed by atoms with van der Waals surface area (Å²) in [5.41, 5.74) is -4.76. The van der Waals surface area contributed by atoms with E-state index in [9.17, 15) is 43.9 Å². The fourth-order valence-corrected chi connectivity index (χ4v) is 3.47. The predicted molar refractivity (Wildman–Crippen MR) is 80.3 cm³/mol. The van der Waals surface area contributed by atoms with E-state index in [0.29, 0.717) is 24.3 Å². The van der Waals surface area contributed by atoms with E-state index in [4.69, 9.17) is 0 Å². The lowest BCUT2D eigenvalue weighted by molar-refractivity contribution is -0.143. The highest BCUT2D eigenvalue weighted by Crippen LogP contribution is 2.36. The Labute approximate surface area is 148 Å². The topological polar surface area (TPSA) is 0 Å². The average Bonchev–Trinajstić information content (AvgIpc) is 2.51. The van der Waals surface area contributed by atoms with E-state index in [1.165, 1.54) is 0 Å². The number of hydrogen-bond acceptors (Lipinski definition) is 0. The lowest BCUT2D eigenvalue weighted by Crippen LogP contribution is -2.17. The molecule has 2 aromatic rings. The molecule has 11 heteroatoms. The molecule has 0 amide bonds. The summed E-state index contributed by atoms with van der Waals surface area (Å²) in [6.45, 7) is -1.27. The first-order valence-electron chi connectivity index (χ1n) is 7.04. The van der Waals surface area contributed by atoms with Crippen LogP contribution in [0.5, 0.6) is 0 Å². The first-order chi connectivity index (χ1) is 12.2. The Morgan fingerprint density at radius 3 is 1.30 bits per heavy atom. The fraction of sp³-hybridized carbons (Fsp3) is 0.250. The van der Waals surface area contributed by atoms with Crippen LogP contribution in [-0.4, -0.2) is 0 Å². The van der Waals surface area contributed by atoms with Gasteiger partial charge in [-0.25, -0.2) is 4.39 Å². The van der Waals surface area contributed by atoms with Crippen molar-refractivity contribution in [3.8, 4) is 0 Å². The van der Waals surface area contributed by atoms with Crippen molar-refractivity contribution in [3.63, 3.8) is 0 Å². The van der Waals surface area contributed by atoms with Gasteiger partial charge in [0.2, 0.25) is 0 Å². The van der Waals surface area contributed by atoms with Crippen molar-refractivity contribution in [1.82, 2.24) is 0 Å². The molecule has 0 aromatic heterocycles. The Morgan fingerprint density at radius 2 is 0.926 bits per heavy atom. The SMILES string of the molecule is FCc1cc(Pc2cc(C(F)(F)F)cc(C(F)(F)F)c2)cc(C(F)(F)F)c1. The van der Waals surface area contributed by atoms with Crippen LogP contribution in [0.2, 0.25) is 0 Å². The molecule has 0 radical (unpaired) electrons. The quantitative estimate of drug-likeness (QED) is 0.431. The zero-order valence-electron chi connectivity index (χ0n) is 13.0. The zero-order valence-corrected chi connectivity index (χ0v) is 14.0. The van der Waals surface area contributed by atoms with E-state index in [1.807, 2.05) is 0 Å². The molecule has 2 aromatic carbocycles. The van der Waals surface area contributed by atoms with Gasteiger partial charge in [0.15, 0.2) is 0 Å². The van der Waals surface area contributed by atoms with Crippen LogP contribution in [0.1, 0.15) is 22.3 Å². The number of benzene rings is 2. The van der Waals surface area contributed by atoms with Gasteiger partial charge >= 0.3 is 18.5 Å². The lowest BCUT2D eigenvalue weighted by Gasteiger charge is -2.15. The minimum Gasteiger partial charge on any atom is -0.246 e. The minimum atomic E-state index is -5.07. The van der Waals surface area contributed by atoms with Crippen LogP contribution in [0.15, 0.2) is 36.4 Å². The van der Waals surface area contributed by atoms with Crippen molar-refractivity contribution >= 4 is 19.2 Å². The molecule has 0 aliphatic rings. The largest absolute Gasteiger partial charge is 0.416 e. The molecule has 0 heterocycles. The summed E-state index contributed by atoms with van der Waals surface area (Å²) >= 11 is 0. The molecular weight excluding hydrogens is 413 g/mol. The Kier molecular flexibility index (Phi) is 5.80. The molecule has 0 fully saturated rings. The number of alkyl halides is 10. The van der Waals surface area contributed by atoms with Gasteiger partial charge < -0.3 is 0 Å². The van der Waals surface area contributed by atoms with Crippen LogP contribution < -0.4 is 10.6 Å². The molecule has 0 nitrogen and oxygen atoms in total. The summed E-state index contributed by atoms with van der Waals surface area (Å²) in [5, 5.41) is -0.703. The van der Waals surface area contributed by atoms with E-state index in [1.54, 1.807) is 0 Å². The van der Waals surface area contributed by atoms with E-state index < -0.39 is 55.8 Å². The number of rotatable bonds is 3. The minimum absolute atomic E-state index is 0.0763. The second-order valence-electron chi connectivity index (χ2n) is 5.47. The van der Waals surface area contributed by atoms with Gasteiger partial charge in [-0.15, -0.1) is 0 Å². The van der Waals surface area contributed by atoms with Gasteiger partial charge in [-0.1, -0.05) is 8.58 Å². The molecule has 1 atom stereocenters. The zero-order chi connectivity index (χ0) is 20.6. The third-order valence-electron chi connectivity index (χ3n) is 3.35. The molecule has 0 saturated carbocycles. The maximum atomic E-state index is 12.9. The Morgan fingerprint density at radius 1 is 0.556 bits per heavy atom. The normalized spacial score (nSPS) is 13.6. The molecule has 0 saturated heterocycles. The van der Waals surface area contributed by atoms with Crippen LogP contribution in [0.25, 0.3) is 0 Å². The molecule has 27 heavy (non-hydrogen) atoms. The second kappa shape index (κ2) is 7.30. The molecule has 0 N–H and O–H groups in total. The third-order valence-corrected chi connectivity index (χ3v) is 4.51. The van der Waals surface area contributed by atoms with Crippen molar-refractivity contribution in [2.24, 2.45) is 0 Å². The smallest absolute Gasteiger partial charge is 0.246 e. The van der Waals surface area contributed by atoms with Crippen LogP contribution in [0.3, 0.4) is 0 Å². The van der Waals surface area contributed by atoms with Crippen LogP contribution >= 0.6 is 8.58 Å². The molecule has 0 bridgehead atoms. The second-order valence-corrected chi connectivity index (χ2v) is 6.87. The highest BCUT2D eigenvalue weighted by atomic mass is 31.1. The van der Waals surface area contributed by atoms with E-state index in [-0.39, 0.29) is 16.9 Å². The number of halogens is 10. The Balaban J connectivity index is 2.54. The van der Waals surface area contributed by atoms with Crippen LogP contribution in [-0.2, 0) is 25.2 Å². The number of hydrogen-bond donors (Lipinski definition) is 0. The van der Waals surface area contributed by atoms with Crippen molar-refractivity contribution in [2.75, 3.05) is 0 Å². The van der Waals surface area contributed by atoms with E-state index >= 15 is 0 Å². The molecule has 0 aliphatic carbocycles.